The zero-order chi connectivity index (χ0) is 21.6. The fourth-order valence-electron chi connectivity index (χ4n) is 3.06. The molecule has 7 heteroatoms. The maximum Gasteiger partial charge on any atom is 0.255 e. The van der Waals surface area contributed by atoms with Gasteiger partial charge in [0.25, 0.3) is 5.91 Å². The third-order valence-electron chi connectivity index (χ3n) is 4.47. The highest BCUT2D eigenvalue weighted by Crippen LogP contribution is 2.27. The number of hydrogen-bond acceptors (Lipinski definition) is 5. The molecule has 0 bridgehead atoms. The van der Waals surface area contributed by atoms with Gasteiger partial charge >= 0.3 is 0 Å². The van der Waals surface area contributed by atoms with E-state index in [0.717, 1.165) is 11.3 Å². The molecule has 1 amide bonds. The number of nitrogens with one attached hydrogen (secondary N) is 1. The van der Waals surface area contributed by atoms with Crippen molar-refractivity contribution in [2.75, 3.05) is 11.9 Å². The molecule has 4 rings (SSSR count). The van der Waals surface area contributed by atoms with Crippen LogP contribution in [0.25, 0.3) is 11.3 Å². The van der Waals surface area contributed by atoms with Crippen LogP contribution >= 0.6 is 0 Å². The lowest BCUT2D eigenvalue weighted by Gasteiger charge is -2.10. The van der Waals surface area contributed by atoms with Gasteiger partial charge in [-0.15, -0.1) is 0 Å². The van der Waals surface area contributed by atoms with Gasteiger partial charge in [-0.2, -0.15) is 5.10 Å². The summed E-state index contributed by atoms with van der Waals surface area (Å²) in [6, 6.07) is 17.9. The minimum absolute atomic E-state index is 0.221. The normalized spacial score (nSPS) is 10.5. The minimum Gasteiger partial charge on any atom is -0.494 e. The van der Waals surface area contributed by atoms with Crippen molar-refractivity contribution in [3.8, 4) is 28.5 Å². The number of ether oxygens (including phenoxy) is 2. The summed E-state index contributed by atoms with van der Waals surface area (Å²) in [5.41, 5.74) is 2.82. The predicted octanol–water partition coefficient (Wildman–Crippen LogP) is 4.93. The largest absolute Gasteiger partial charge is 0.494 e. The summed E-state index contributed by atoms with van der Waals surface area (Å²) in [5.74, 6) is 1.68. The van der Waals surface area contributed by atoms with Crippen LogP contribution in [0.4, 0.5) is 5.69 Å². The number of carbonyl (C=O) groups excluding carboxylic acids is 1. The average Bonchev–Trinajstić information content (AvgIpc) is 3.21. The lowest BCUT2D eigenvalue weighted by Crippen LogP contribution is -2.12. The van der Waals surface area contributed by atoms with Gasteiger partial charge < -0.3 is 14.8 Å². The van der Waals surface area contributed by atoms with E-state index in [4.69, 9.17) is 9.47 Å². The maximum absolute atomic E-state index is 12.6. The standard InChI is InChI=1S/C24H22N4O3/c1-3-30-20-8-4-6-17(12-20)24(29)27-19-7-5-9-21(13-19)31-22-10-11-25-23(14-22)18-15-26-28(2)16-18/h4-16H,3H2,1-2H3,(H,27,29). The average molecular weight is 414 g/mol. The van der Waals surface area contributed by atoms with Crippen LogP contribution in [0.1, 0.15) is 17.3 Å². The van der Waals surface area contributed by atoms with Gasteiger partial charge in [-0.05, 0) is 43.3 Å². The number of hydrogen-bond donors (Lipinski definition) is 1. The van der Waals surface area contributed by atoms with E-state index >= 15 is 0 Å². The Balaban J connectivity index is 1.47. The molecule has 2 heterocycles. The molecule has 0 aliphatic heterocycles. The highest BCUT2D eigenvalue weighted by molar-refractivity contribution is 6.04. The maximum atomic E-state index is 12.6. The van der Waals surface area contributed by atoms with Crippen LogP contribution in [-0.2, 0) is 7.05 Å². The second-order valence-electron chi connectivity index (χ2n) is 6.82. The van der Waals surface area contributed by atoms with Gasteiger partial charge in [0.15, 0.2) is 0 Å². The number of aromatic nitrogens is 3. The van der Waals surface area contributed by atoms with Gasteiger partial charge in [0.2, 0.25) is 0 Å². The fourth-order valence-corrected chi connectivity index (χ4v) is 3.06. The Bertz CT molecular complexity index is 1200. The minimum atomic E-state index is -0.221. The molecule has 0 spiro atoms. The number of nitrogens with zero attached hydrogens (tertiary/aromatic N) is 3. The van der Waals surface area contributed by atoms with Crippen LogP contribution in [0.5, 0.6) is 17.2 Å². The van der Waals surface area contributed by atoms with Crippen molar-refractivity contribution >= 4 is 11.6 Å². The van der Waals surface area contributed by atoms with Crippen LogP contribution < -0.4 is 14.8 Å². The van der Waals surface area contributed by atoms with E-state index < -0.39 is 0 Å². The van der Waals surface area contributed by atoms with Gasteiger partial charge in [0, 0.05) is 48.4 Å². The van der Waals surface area contributed by atoms with E-state index in [-0.39, 0.29) is 5.91 Å². The first-order chi connectivity index (χ1) is 15.1. The van der Waals surface area contributed by atoms with Crippen molar-refractivity contribution in [2.24, 2.45) is 7.05 Å². The second-order valence-corrected chi connectivity index (χ2v) is 6.82. The molecule has 31 heavy (non-hydrogen) atoms. The number of anilines is 1. The first-order valence-corrected chi connectivity index (χ1v) is 9.88. The van der Waals surface area contributed by atoms with E-state index in [0.29, 0.717) is 35.1 Å². The van der Waals surface area contributed by atoms with E-state index in [9.17, 15) is 4.79 Å². The SMILES string of the molecule is CCOc1cccc(C(=O)Nc2cccc(Oc3ccnc(-c4cnn(C)c4)c3)c2)c1. The topological polar surface area (TPSA) is 78.3 Å². The van der Waals surface area contributed by atoms with Crippen molar-refractivity contribution < 1.29 is 14.3 Å². The Kier molecular flexibility index (Phi) is 5.93. The summed E-state index contributed by atoms with van der Waals surface area (Å²) in [6.07, 6.45) is 5.33. The predicted molar refractivity (Wildman–Crippen MR) is 119 cm³/mol. The van der Waals surface area contributed by atoms with Crippen molar-refractivity contribution in [1.82, 2.24) is 14.8 Å². The molecule has 0 saturated heterocycles. The third-order valence-corrected chi connectivity index (χ3v) is 4.47. The molecular formula is C24H22N4O3. The van der Waals surface area contributed by atoms with Gasteiger partial charge in [-0.1, -0.05) is 12.1 Å². The van der Waals surface area contributed by atoms with Crippen molar-refractivity contribution in [2.45, 2.75) is 6.92 Å². The Morgan fingerprint density at radius 2 is 1.84 bits per heavy atom. The molecule has 0 saturated carbocycles. The van der Waals surface area contributed by atoms with E-state index in [2.05, 4.69) is 15.4 Å². The van der Waals surface area contributed by atoms with Crippen molar-refractivity contribution in [1.29, 1.82) is 0 Å². The molecular weight excluding hydrogens is 392 g/mol. The number of benzene rings is 2. The number of carbonyl (C=O) groups is 1. The molecule has 0 unspecified atom stereocenters. The summed E-state index contributed by atoms with van der Waals surface area (Å²) in [6.45, 7) is 2.45. The molecule has 4 aromatic rings. The molecule has 7 nitrogen and oxygen atoms in total. The highest BCUT2D eigenvalue weighted by atomic mass is 16.5. The third kappa shape index (κ3) is 5.08. The molecule has 2 aromatic carbocycles. The molecule has 1 N–H and O–H groups in total. The lowest BCUT2D eigenvalue weighted by atomic mass is 10.2. The first-order valence-electron chi connectivity index (χ1n) is 9.88. The Morgan fingerprint density at radius 1 is 1.03 bits per heavy atom. The van der Waals surface area contributed by atoms with Gasteiger partial charge in [0.05, 0.1) is 18.5 Å². The summed E-state index contributed by atoms with van der Waals surface area (Å²) in [7, 11) is 1.86. The van der Waals surface area contributed by atoms with Crippen LogP contribution in [0.15, 0.2) is 79.3 Å². The molecule has 0 fully saturated rings. The number of aryl methyl sites for hydroxylation is 1. The second kappa shape index (κ2) is 9.13. The number of pyridine rings is 1. The Morgan fingerprint density at radius 3 is 2.65 bits per heavy atom. The molecule has 0 aliphatic carbocycles. The van der Waals surface area contributed by atoms with Crippen LogP contribution in [-0.4, -0.2) is 27.3 Å². The summed E-state index contributed by atoms with van der Waals surface area (Å²) in [4.78, 5) is 17.0. The zero-order valence-electron chi connectivity index (χ0n) is 17.3. The number of rotatable bonds is 7. The first kappa shape index (κ1) is 20.2. The van der Waals surface area contributed by atoms with Crippen LogP contribution in [0, 0.1) is 0 Å². The quantitative estimate of drug-likeness (QED) is 0.464. The van der Waals surface area contributed by atoms with E-state index in [1.54, 1.807) is 47.4 Å². The van der Waals surface area contributed by atoms with Crippen molar-refractivity contribution in [3.05, 3.63) is 84.8 Å². The number of amides is 1. The Hall–Kier alpha value is -4.13. The molecule has 0 aliphatic rings. The van der Waals surface area contributed by atoms with Gasteiger partial charge in [-0.3, -0.25) is 14.5 Å². The lowest BCUT2D eigenvalue weighted by molar-refractivity contribution is 0.102. The van der Waals surface area contributed by atoms with Crippen LogP contribution in [0.2, 0.25) is 0 Å². The molecule has 0 atom stereocenters. The summed E-state index contributed by atoms with van der Waals surface area (Å²) in [5, 5.41) is 7.07. The van der Waals surface area contributed by atoms with Gasteiger partial charge in [0.1, 0.15) is 17.2 Å². The van der Waals surface area contributed by atoms with E-state index in [1.807, 2.05) is 50.5 Å². The zero-order valence-corrected chi connectivity index (χ0v) is 17.3. The van der Waals surface area contributed by atoms with Crippen molar-refractivity contribution in [3.63, 3.8) is 0 Å². The highest BCUT2D eigenvalue weighted by Gasteiger charge is 2.09. The monoisotopic (exact) mass is 414 g/mol. The summed E-state index contributed by atoms with van der Waals surface area (Å²) < 4.78 is 13.2. The molecule has 0 radical (unpaired) electrons. The van der Waals surface area contributed by atoms with E-state index in [1.165, 1.54) is 0 Å². The van der Waals surface area contributed by atoms with Crippen LogP contribution in [0.3, 0.4) is 0 Å². The smallest absolute Gasteiger partial charge is 0.255 e. The Labute approximate surface area is 180 Å². The fraction of sp³-hybridized carbons (Fsp3) is 0.125. The molecule has 2 aromatic heterocycles. The summed E-state index contributed by atoms with van der Waals surface area (Å²) >= 11 is 0. The van der Waals surface area contributed by atoms with Gasteiger partial charge in [-0.25, -0.2) is 0 Å². The molecule has 156 valence electrons.